The van der Waals surface area contributed by atoms with Crippen molar-refractivity contribution >= 4 is 17.3 Å². The van der Waals surface area contributed by atoms with Crippen molar-refractivity contribution in [2.24, 2.45) is 16.6 Å². The van der Waals surface area contributed by atoms with Gasteiger partial charge in [-0.25, -0.2) is 0 Å². The molecule has 3 N–H and O–H groups in total. The van der Waals surface area contributed by atoms with Crippen LogP contribution in [0.3, 0.4) is 0 Å². The van der Waals surface area contributed by atoms with E-state index in [1.165, 1.54) is 37.1 Å². The Hall–Kier alpha value is -1.07. The lowest BCUT2D eigenvalue weighted by molar-refractivity contribution is 0.172. The maximum Gasteiger partial charge on any atom is 0.188 e. The van der Waals surface area contributed by atoms with E-state index in [0.29, 0.717) is 17.9 Å². The first-order chi connectivity index (χ1) is 9.79. The molecule has 1 aliphatic heterocycles. The minimum atomic E-state index is 0.598. The maximum atomic E-state index is 5.90. The number of piperidine rings is 1. The van der Waals surface area contributed by atoms with Gasteiger partial charge in [0, 0.05) is 30.6 Å². The van der Waals surface area contributed by atoms with Gasteiger partial charge in [-0.15, -0.1) is 11.3 Å². The number of likely N-dealkylation sites (tertiary alicyclic amines) is 1. The molecule has 0 spiro atoms. The van der Waals surface area contributed by atoms with Crippen LogP contribution in [-0.4, -0.2) is 36.5 Å². The van der Waals surface area contributed by atoms with Gasteiger partial charge in [-0.3, -0.25) is 9.89 Å². The van der Waals surface area contributed by atoms with Crippen LogP contribution in [-0.2, 0) is 6.54 Å². The molecule has 1 aliphatic carbocycles. The van der Waals surface area contributed by atoms with Crippen molar-refractivity contribution in [3.05, 3.63) is 22.4 Å². The Kier molecular flexibility index (Phi) is 4.58. The van der Waals surface area contributed by atoms with Crippen LogP contribution in [0.4, 0.5) is 0 Å². The molecule has 1 saturated heterocycles. The third-order valence-electron chi connectivity index (χ3n) is 4.01. The number of nitrogens with one attached hydrogen (secondary N) is 1. The Morgan fingerprint density at radius 3 is 3.10 bits per heavy atom. The van der Waals surface area contributed by atoms with Gasteiger partial charge in [-0.2, -0.15) is 0 Å². The molecule has 5 heteroatoms. The summed E-state index contributed by atoms with van der Waals surface area (Å²) in [6.07, 6.45) is 5.05. The van der Waals surface area contributed by atoms with Gasteiger partial charge in [0.15, 0.2) is 5.96 Å². The molecule has 2 heterocycles. The van der Waals surface area contributed by atoms with E-state index in [0.717, 1.165) is 19.6 Å². The van der Waals surface area contributed by atoms with Gasteiger partial charge < -0.3 is 11.1 Å². The second-order valence-electron chi connectivity index (χ2n) is 5.97. The molecule has 0 bridgehead atoms. The molecule has 0 amide bonds. The van der Waals surface area contributed by atoms with Crippen LogP contribution in [0, 0.1) is 5.92 Å². The zero-order chi connectivity index (χ0) is 13.8. The zero-order valence-electron chi connectivity index (χ0n) is 11.9. The van der Waals surface area contributed by atoms with Gasteiger partial charge in [0.1, 0.15) is 0 Å². The minimum absolute atomic E-state index is 0.598. The summed E-state index contributed by atoms with van der Waals surface area (Å²) in [4.78, 5) is 8.54. The number of aliphatic imine (C=N–C) groups is 1. The molecule has 3 rings (SSSR count). The summed E-state index contributed by atoms with van der Waals surface area (Å²) >= 11 is 1.85. The number of nitrogens with two attached hydrogens (primary N) is 1. The Bertz CT molecular complexity index is 439. The minimum Gasteiger partial charge on any atom is -0.370 e. The van der Waals surface area contributed by atoms with Crippen molar-refractivity contribution in [1.82, 2.24) is 10.2 Å². The lowest BCUT2D eigenvalue weighted by Crippen LogP contribution is -2.37. The third-order valence-corrected chi connectivity index (χ3v) is 4.87. The normalized spacial score (nSPS) is 24.8. The topological polar surface area (TPSA) is 53.6 Å². The molecule has 2 aliphatic rings. The van der Waals surface area contributed by atoms with Crippen LogP contribution in [0.15, 0.2) is 22.5 Å². The van der Waals surface area contributed by atoms with Crippen molar-refractivity contribution in [3.8, 4) is 0 Å². The standard InChI is InChI=1S/C15H24N4S/c16-15(18-13-5-6-13)17-9-12-3-1-7-19(10-12)11-14-4-2-8-20-14/h2,4,8,12-13H,1,3,5-7,9-11H2,(H3,16,17,18). The second-order valence-corrected chi connectivity index (χ2v) is 7.00. The number of rotatable bonds is 5. The first-order valence-corrected chi connectivity index (χ1v) is 8.49. The second kappa shape index (κ2) is 6.59. The molecular formula is C15H24N4S. The summed E-state index contributed by atoms with van der Waals surface area (Å²) in [6, 6.07) is 4.96. The molecule has 1 unspecified atom stereocenters. The highest BCUT2D eigenvalue weighted by atomic mass is 32.1. The van der Waals surface area contributed by atoms with E-state index >= 15 is 0 Å². The monoisotopic (exact) mass is 292 g/mol. The van der Waals surface area contributed by atoms with E-state index in [-0.39, 0.29) is 0 Å². The van der Waals surface area contributed by atoms with E-state index < -0.39 is 0 Å². The van der Waals surface area contributed by atoms with Crippen LogP contribution in [0.1, 0.15) is 30.6 Å². The molecule has 1 atom stereocenters. The van der Waals surface area contributed by atoms with Crippen molar-refractivity contribution in [2.75, 3.05) is 19.6 Å². The summed E-state index contributed by atoms with van der Waals surface area (Å²) in [5, 5.41) is 5.41. The lowest BCUT2D eigenvalue weighted by atomic mass is 9.98. The average molecular weight is 292 g/mol. The Labute approximate surface area is 125 Å². The summed E-state index contributed by atoms with van der Waals surface area (Å²) in [7, 11) is 0. The van der Waals surface area contributed by atoms with Crippen LogP contribution in [0.5, 0.6) is 0 Å². The van der Waals surface area contributed by atoms with Gasteiger partial charge in [-0.05, 0) is 49.6 Å². The number of thiophene rings is 1. The SMILES string of the molecule is NC(=NCC1CCCN(Cc2cccs2)C1)NC1CC1. The van der Waals surface area contributed by atoms with Crippen molar-refractivity contribution < 1.29 is 0 Å². The largest absolute Gasteiger partial charge is 0.370 e. The molecule has 1 aromatic rings. The smallest absolute Gasteiger partial charge is 0.188 e. The quantitative estimate of drug-likeness (QED) is 0.645. The summed E-state index contributed by atoms with van der Waals surface area (Å²) in [6.45, 7) is 4.33. The van der Waals surface area contributed by atoms with Gasteiger partial charge in [0.2, 0.25) is 0 Å². The fraction of sp³-hybridized carbons (Fsp3) is 0.667. The molecule has 2 fully saturated rings. The van der Waals surface area contributed by atoms with Crippen LogP contribution < -0.4 is 11.1 Å². The van der Waals surface area contributed by atoms with Crippen molar-refractivity contribution in [1.29, 1.82) is 0 Å². The Balaban J connectivity index is 1.45. The number of hydrogen-bond acceptors (Lipinski definition) is 3. The third kappa shape index (κ3) is 4.21. The fourth-order valence-corrected chi connectivity index (χ4v) is 3.52. The molecule has 20 heavy (non-hydrogen) atoms. The molecule has 110 valence electrons. The van der Waals surface area contributed by atoms with E-state index in [2.05, 4.69) is 32.7 Å². The van der Waals surface area contributed by atoms with Crippen LogP contribution in [0.2, 0.25) is 0 Å². The van der Waals surface area contributed by atoms with Crippen molar-refractivity contribution in [3.63, 3.8) is 0 Å². The summed E-state index contributed by atoms with van der Waals surface area (Å²) in [5.41, 5.74) is 5.90. The summed E-state index contributed by atoms with van der Waals surface area (Å²) < 4.78 is 0. The fourth-order valence-electron chi connectivity index (χ4n) is 2.78. The Morgan fingerprint density at radius 2 is 2.35 bits per heavy atom. The Morgan fingerprint density at radius 1 is 1.45 bits per heavy atom. The highest BCUT2D eigenvalue weighted by Crippen LogP contribution is 2.21. The highest BCUT2D eigenvalue weighted by Gasteiger charge is 2.22. The molecule has 0 aromatic carbocycles. The van der Waals surface area contributed by atoms with E-state index in [9.17, 15) is 0 Å². The van der Waals surface area contributed by atoms with Gasteiger partial charge in [-0.1, -0.05) is 6.07 Å². The first kappa shape index (κ1) is 13.9. The van der Waals surface area contributed by atoms with Gasteiger partial charge in [0.25, 0.3) is 0 Å². The molecule has 1 saturated carbocycles. The molecular weight excluding hydrogens is 268 g/mol. The van der Waals surface area contributed by atoms with Gasteiger partial charge >= 0.3 is 0 Å². The van der Waals surface area contributed by atoms with Crippen LogP contribution in [0.25, 0.3) is 0 Å². The van der Waals surface area contributed by atoms with Crippen molar-refractivity contribution in [2.45, 2.75) is 38.3 Å². The first-order valence-electron chi connectivity index (χ1n) is 7.61. The number of hydrogen-bond donors (Lipinski definition) is 2. The maximum absolute atomic E-state index is 5.90. The van der Waals surface area contributed by atoms with Crippen LogP contribution >= 0.6 is 11.3 Å². The van der Waals surface area contributed by atoms with E-state index in [4.69, 9.17) is 5.73 Å². The lowest BCUT2D eigenvalue weighted by Gasteiger charge is -2.31. The number of guanidine groups is 1. The van der Waals surface area contributed by atoms with Gasteiger partial charge in [0.05, 0.1) is 0 Å². The van der Waals surface area contributed by atoms with E-state index in [1.807, 2.05) is 11.3 Å². The van der Waals surface area contributed by atoms with E-state index in [1.54, 1.807) is 0 Å². The molecule has 1 aromatic heterocycles. The number of nitrogens with zero attached hydrogens (tertiary/aromatic N) is 2. The zero-order valence-corrected chi connectivity index (χ0v) is 12.7. The summed E-state index contributed by atoms with van der Waals surface area (Å²) in [5.74, 6) is 1.30. The average Bonchev–Trinajstić information content (AvgIpc) is 3.11. The predicted molar refractivity (Wildman–Crippen MR) is 85.0 cm³/mol. The predicted octanol–water partition coefficient (Wildman–Crippen LogP) is 2.03. The molecule has 0 radical (unpaired) electrons. The highest BCUT2D eigenvalue weighted by molar-refractivity contribution is 7.09. The molecule has 4 nitrogen and oxygen atoms in total.